The van der Waals surface area contributed by atoms with E-state index in [2.05, 4.69) is 9.78 Å². The number of rotatable bonds is 1. The number of nitrogen functional groups attached to an aromatic ring is 1. The molecule has 2 heterocycles. The fourth-order valence-electron chi connectivity index (χ4n) is 2.74. The third-order valence-electron chi connectivity index (χ3n) is 3.56. The number of aromatic nitrogens is 2. The molecule has 0 atom stereocenters. The molecule has 0 bridgehead atoms. The molecule has 1 fully saturated rings. The number of fused-ring (bicyclic) bond motifs is 1. The van der Waals surface area contributed by atoms with Crippen LogP contribution in [0.25, 0.3) is 0 Å². The summed E-state index contributed by atoms with van der Waals surface area (Å²) in [5.74, 6) is 0.722. The first-order valence-electron chi connectivity index (χ1n) is 5.80. The second kappa shape index (κ2) is 3.52. The third-order valence-corrected chi connectivity index (χ3v) is 3.56. The van der Waals surface area contributed by atoms with Crippen LogP contribution in [0, 0.1) is 0 Å². The largest absolute Gasteiger partial charge is 0.382 e. The van der Waals surface area contributed by atoms with E-state index in [9.17, 15) is 0 Å². The molecule has 4 nitrogen and oxygen atoms in total. The van der Waals surface area contributed by atoms with Gasteiger partial charge in [0.15, 0.2) is 0 Å². The Morgan fingerprint density at radius 2 is 2.13 bits per heavy atom. The summed E-state index contributed by atoms with van der Waals surface area (Å²) in [7, 11) is 0. The van der Waals surface area contributed by atoms with Crippen LogP contribution < -0.4 is 5.73 Å². The molecular weight excluding hydrogens is 190 g/mol. The van der Waals surface area contributed by atoms with Gasteiger partial charge in [-0.3, -0.25) is 4.68 Å². The van der Waals surface area contributed by atoms with E-state index in [1.165, 1.54) is 36.9 Å². The summed E-state index contributed by atoms with van der Waals surface area (Å²) in [6.07, 6.45) is 6.05. The summed E-state index contributed by atoms with van der Waals surface area (Å²) in [5.41, 5.74) is 8.40. The van der Waals surface area contributed by atoms with Crippen LogP contribution in [0.5, 0.6) is 0 Å². The number of hydrogen-bond acceptors (Lipinski definition) is 3. The van der Waals surface area contributed by atoms with Crippen LogP contribution in [0.1, 0.15) is 43.0 Å². The Morgan fingerprint density at radius 1 is 1.33 bits per heavy atom. The molecule has 2 aliphatic rings. The number of ether oxygens (including phenoxy) is 1. The highest BCUT2D eigenvalue weighted by molar-refractivity contribution is 5.43. The van der Waals surface area contributed by atoms with Crippen molar-refractivity contribution in [3.63, 3.8) is 0 Å². The monoisotopic (exact) mass is 207 g/mol. The van der Waals surface area contributed by atoms with Crippen LogP contribution in [0.15, 0.2) is 0 Å². The van der Waals surface area contributed by atoms with Gasteiger partial charge in [-0.25, -0.2) is 0 Å². The van der Waals surface area contributed by atoms with Crippen molar-refractivity contribution in [3.05, 3.63) is 11.3 Å². The van der Waals surface area contributed by atoms with Gasteiger partial charge in [-0.1, -0.05) is 12.8 Å². The van der Waals surface area contributed by atoms with Crippen LogP contribution >= 0.6 is 0 Å². The zero-order valence-corrected chi connectivity index (χ0v) is 8.91. The van der Waals surface area contributed by atoms with Crippen molar-refractivity contribution >= 4 is 5.82 Å². The Balaban J connectivity index is 1.99. The minimum atomic E-state index is 0.567. The van der Waals surface area contributed by atoms with Gasteiger partial charge in [0.25, 0.3) is 0 Å². The maximum Gasteiger partial charge on any atom is 0.149 e. The lowest BCUT2D eigenvalue weighted by molar-refractivity contribution is 0.103. The number of anilines is 1. The molecule has 1 aliphatic heterocycles. The summed E-state index contributed by atoms with van der Waals surface area (Å²) in [6, 6.07) is 0.567. The topological polar surface area (TPSA) is 53.1 Å². The van der Waals surface area contributed by atoms with Crippen molar-refractivity contribution in [2.24, 2.45) is 0 Å². The Labute approximate surface area is 89.4 Å². The minimum absolute atomic E-state index is 0.567. The molecule has 0 radical (unpaired) electrons. The van der Waals surface area contributed by atoms with E-state index in [0.29, 0.717) is 12.6 Å². The molecule has 3 rings (SSSR count). The molecule has 1 saturated carbocycles. The van der Waals surface area contributed by atoms with Gasteiger partial charge < -0.3 is 10.5 Å². The molecule has 0 amide bonds. The van der Waals surface area contributed by atoms with Gasteiger partial charge in [0.1, 0.15) is 5.82 Å². The zero-order valence-electron chi connectivity index (χ0n) is 8.91. The highest BCUT2D eigenvalue weighted by Gasteiger charge is 2.25. The maximum atomic E-state index is 5.94. The first-order valence-corrected chi connectivity index (χ1v) is 5.80. The molecule has 15 heavy (non-hydrogen) atoms. The van der Waals surface area contributed by atoms with Gasteiger partial charge in [-0.15, -0.1) is 0 Å². The molecule has 1 aliphatic carbocycles. The quantitative estimate of drug-likeness (QED) is 0.761. The van der Waals surface area contributed by atoms with Crippen molar-refractivity contribution in [2.75, 3.05) is 12.3 Å². The van der Waals surface area contributed by atoms with Crippen LogP contribution in [0.2, 0.25) is 0 Å². The van der Waals surface area contributed by atoms with E-state index in [1.54, 1.807) is 0 Å². The van der Waals surface area contributed by atoms with Gasteiger partial charge in [0.05, 0.1) is 24.9 Å². The smallest absolute Gasteiger partial charge is 0.149 e. The summed E-state index contributed by atoms with van der Waals surface area (Å²) in [5, 5.41) is 4.49. The number of nitrogens with two attached hydrogens (primary N) is 1. The standard InChI is InChI=1S/C11H17N3O/c12-11-9-5-6-15-7-10(9)14(13-11)8-3-1-2-4-8/h8H,1-7H2,(H2,12,13). The predicted molar refractivity (Wildman–Crippen MR) is 57.5 cm³/mol. The van der Waals surface area contributed by atoms with Crippen molar-refractivity contribution in [3.8, 4) is 0 Å². The van der Waals surface area contributed by atoms with E-state index >= 15 is 0 Å². The number of nitrogens with zero attached hydrogens (tertiary/aromatic N) is 2. The molecule has 0 aromatic carbocycles. The molecular formula is C11H17N3O. The summed E-state index contributed by atoms with van der Waals surface area (Å²) in [6.45, 7) is 1.48. The summed E-state index contributed by atoms with van der Waals surface area (Å²) in [4.78, 5) is 0. The summed E-state index contributed by atoms with van der Waals surface area (Å²) < 4.78 is 7.63. The second-order valence-corrected chi connectivity index (χ2v) is 4.50. The van der Waals surface area contributed by atoms with Gasteiger partial charge in [-0.05, 0) is 12.8 Å². The minimum Gasteiger partial charge on any atom is -0.382 e. The van der Waals surface area contributed by atoms with Crippen molar-refractivity contribution in [1.82, 2.24) is 9.78 Å². The van der Waals surface area contributed by atoms with Crippen LogP contribution in [-0.4, -0.2) is 16.4 Å². The SMILES string of the molecule is Nc1nn(C2CCCC2)c2c1CCOC2. The lowest BCUT2D eigenvalue weighted by Crippen LogP contribution is -2.16. The zero-order chi connectivity index (χ0) is 10.3. The lowest BCUT2D eigenvalue weighted by Gasteiger charge is -2.18. The third kappa shape index (κ3) is 1.44. The second-order valence-electron chi connectivity index (χ2n) is 4.50. The highest BCUT2D eigenvalue weighted by atomic mass is 16.5. The molecule has 0 spiro atoms. The van der Waals surface area contributed by atoms with E-state index in [1.807, 2.05) is 0 Å². The normalized spacial score (nSPS) is 21.9. The Hall–Kier alpha value is -1.03. The Morgan fingerprint density at radius 3 is 2.93 bits per heavy atom. The fourth-order valence-corrected chi connectivity index (χ4v) is 2.74. The van der Waals surface area contributed by atoms with Crippen LogP contribution in [0.3, 0.4) is 0 Å². The van der Waals surface area contributed by atoms with E-state index in [-0.39, 0.29) is 0 Å². The molecule has 0 saturated heterocycles. The maximum absolute atomic E-state index is 5.94. The summed E-state index contributed by atoms with van der Waals surface area (Å²) >= 11 is 0. The van der Waals surface area contributed by atoms with Crippen molar-refractivity contribution in [1.29, 1.82) is 0 Å². The van der Waals surface area contributed by atoms with Gasteiger partial charge in [0, 0.05) is 12.0 Å². The van der Waals surface area contributed by atoms with Crippen LogP contribution in [-0.2, 0) is 17.8 Å². The van der Waals surface area contributed by atoms with E-state index < -0.39 is 0 Å². The Bertz CT molecular complexity index is 366. The molecule has 4 heteroatoms. The first kappa shape index (κ1) is 9.21. The predicted octanol–water partition coefficient (Wildman–Crippen LogP) is 1.65. The van der Waals surface area contributed by atoms with Gasteiger partial charge >= 0.3 is 0 Å². The molecule has 0 unspecified atom stereocenters. The average molecular weight is 207 g/mol. The fraction of sp³-hybridized carbons (Fsp3) is 0.727. The lowest BCUT2D eigenvalue weighted by atomic mass is 10.1. The average Bonchev–Trinajstić information content (AvgIpc) is 2.87. The van der Waals surface area contributed by atoms with Crippen molar-refractivity contribution in [2.45, 2.75) is 44.8 Å². The molecule has 82 valence electrons. The molecule has 2 N–H and O–H groups in total. The Kier molecular flexibility index (Phi) is 2.16. The van der Waals surface area contributed by atoms with Crippen molar-refractivity contribution < 1.29 is 4.74 Å². The molecule has 1 aromatic heterocycles. The highest BCUT2D eigenvalue weighted by Crippen LogP contribution is 2.33. The molecule has 1 aromatic rings. The van der Waals surface area contributed by atoms with Crippen LogP contribution in [0.4, 0.5) is 5.82 Å². The van der Waals surface area contributed by atoms with Gasteiger partial charge in [0.2, 0.25) is 0 Å². The number of hydrogen-bond donors (Lipinski definition) is 1. The van der Waals surface area contributed by atoms with E-state index in [4.69, 9.17) is 10.5 Å². The first-order chi connectivity index (χ1) is 7.36. The van der Waals surface area contributed by atoms with Gasteiger partial charge in [-0.2, -0.15) is 5.10 Å². The van der Waals surface area contributed by atoms with E-state index in [0.717, 1.165) is 18.8 Å².